The molecular formula is C22H30F3N5O3. The van der Waals surface area contributed by atoms with Gasteiger partial charge in [0.15, 0.2) is 0 Å². The molecule has 0 radical (unpaired) electrons. The van der Waals surface area contributed by atoms with Crippen molar-refractivity contribution in [2.45, 2.75) is 32.5 Å². The Hall–Kier alpha value is -2.66. The molecule has 1 unspecified atom stereocenters. The lowest BCUT2D eigenvalue weighted by molar-refractivity contribution is -0.158. The van der Waals surface area contributed by atoms with Gasteiger partial charge in [-0.1, -0.05) is 26.0 Å². The number of alkyl halides is 3. The normalized spacial score (nSPS) is 20.2. The molecule has 2 heterocycles. The number of amides is 3. The van der Waals surface area contributed by atoms with E-state index in [0.29, 0.717) is 43.5 Å². The molecule has 33 heavy (non-hydrogen) atoms. The molecule has 1 saturated heterocycles. The number of nitrogens with one attached hydrogen (secondary N) is 2. The van der Waals surface area contributed by atoms with Crippen LogP contribution in [0, 0.1) is 5.92 Å². The number of carbonyl (C=O) groups is 3. The molecule has 0 bridgehead atoms. The Morgan fingerprint density at radius 3 is 2.30 bits per heavy atom. The van der Waals surface area contributed by atoms with Gasteiger partial charge in [-0.25, -0.2) is 0 Å². The van der Waals surface area contributed by atoms with Crippen LogP contribution in [0.5, 0.6) is 0 Å². The average molecular weight is 470 g/mol. The van der Waals surface area contributed by atoms with Crippen molar-refractivity contribution in [3.63, 3.8) is 0 Å². The second-order valence-corrected chi connectivity index (χ2v) is 8.84. The summed E-state index contributed by atoms with van der Waals surface area (Å²) in [6.45, 7) is 6.62. The Morgan fingerprint density at radius 1 is 1.09 bits per heavy atom. The summed E-state index contributed by atoms with van der Waals surface area (Å²) in [6.07, 6.45) is -5.62. The molecule has 182 valence electrons. The fraction of sp³-hybridized carbons (Fsp3) is 0.591. The highest BCUT2D eigenvalue weighted by molar-refractivity contribution is 6.05. The van der Waals surface area contributed by atoms with Crippen molar-refractivity contribution in [1.82, 2.24) is 15.1 Å². The van der Waals surface area contributed by atoms with Crippen molar-refractivity contribution in [3.05, 3.63) is 24.3 Å². The molecule has 8 nitrogen and oxygen atoms in total. The van der Waals surface area contributed by atoms with Gasteiger partial charge in [0.1, 0.15) is 6.04 Å². The first-order valence-electron chi connectivity index (χ1n) is 11.0. The third-order valence-electron chi connectivity index (χ3n) is 5.67. The van der Waals surface area contributed by atoms with Gasteiger partial charge >= 0.3 is 6.18 Å². The first-order chi connectivity index (χ1) is 15.5. The van der Waals surface area contributed by atoms with Crippen LogP contribution < -0.4 is 15.5 Å². The van der Waals surface area contributed by atoms with E-state index < -0.39 is 30.5 Å². The van der Waals surface area contributed by atoms with Crippen LogP contribution in [-0.4, -0.2) is 85.6 Å². The van der Waals surface area contributed by atoms with Gasteiger partial charge in [-0.15, -0.1) is 0 Å². The van der Waals surface area contributed by atoms with Crippen LogP contribution in [0.2, 0.25) is 0 Å². The quantitative estimate of drug-likeness (QED) is 0.663. The SMILES string of the molecule is CC(C)CNC(=O)CN1CCN(CC(=O)N2c3ccccc3NC(=O)CC2C(F)(F)F)CC1. The van der Waals surface area contributed by atoms with E-state index in [1.54, 1.807) is 11.0 Å². The van der Waals surface area contributed by atoms with Gasteiger partial charge in [0.2, 0.25) is 17.7 Å². The summed E-state index contributed by atoms with van der Waals surface area (Å²) in [5.74, 6) is -1.22. The van der Waals surface area contributed by atoms with E-state index in [9.17, 15) is 27.6 Å². The number of para-hydroxylation sites is 2. The second kappa shape index (κ2) is 10.5. The number of piperazine rings is 1. The second-order valence-electron chi connectivity index (χ2n) is 8.84. The summed E-state index contributed by atoms with van der Waals surface area (Å²) in [6, 6.07) is 3.78. The molecule has 0 aliphatic carbocycles. The fourth-order valence-electron chi connectivity index (χ4n) is 3.95. The van der Waals surface area contributed by atoms with Crippen LogP contribution in [0.3, 0.4) is 0 Å². The minimum Gasteiger partial charge on any atom is -0.355 e. The zero-order chi connectivity index (χ0) is 24.2. The maximum Gasteiger partial charge on any atom is 0.409 e. The first-order valence-corrected chi connectivity index (χ1v) is 11.0. The standard InChI is InChI=1S/C22H30F3N5O3/c1-15(2)12-26-20(32)13-28-7-9-29(10-8-28)14-21(33)30-17-6-4-3-5-16(17)27-19(31)11-18(30)22(23,24)25/h3-6,15,18H,7-14H2,1-2H3,(H,26,32)(H,27,31). The minimum atomic E-state index is -4.76. The Kier molecular flexibility index (Phi) is 7.96. The molecule has 0 spiro atoms. The van der Waals surface area contributed by atoms with Crippen LogP contribution in [0.25, 0.3) is 0 Å². The smallest absolute Gasteiger partial charge is 0.355 e. The number of nitrogens with zero attached hydrogens (tertiary/aromatic N) is 3. The number of halogens is 3. The third-order valence-corrected chi connectivity index (χ3v) is 5.67. The number of benzene rings is 1. The molecule has 3 rings (SSSR count). The van der Waals surface area contributed by atoms with Crippen LogP contribution in [0.15, 0.2) is 24.3 Å². The van der Waals surface area contributed by atoms with Gasteiger partial charge in [0, 0.05) is 32.7 Å². The summed E-state index contributed by atoms with van der Waals surface area (Å²) in [4.78, 5) is 41.7. The molecule has 0 aromatic heterocycles. The zero-order valence-electron chi connectivity index (χ0n) is 18.8. The monoisotopic (exact) mass is 469 g/mol. The lowest BCUT2D eigenvalue weighted by Gasteiger charge is -2.37. The summed E-state index contributed by atoms with van der Waals surface area (Å²) >= 11 is 0. The van der Waals surface area contributed by atoms with Gasteiger partial charge in [0.25, 0.3) is 0 Å². The van der Waals surface area contributed by atoms with Gasteiger partial charge in [-0.3, -0.25) is 29.1 Å². The first kappa shape index (κ1) is 25.0. The maximum atomic E-state index is 13.8. The highest BCUT2D eigenvalue weighted by atomic mass is 19.4. The largest absolute Gasteiger partial charge is 0.409 e. The van der Waals surface area contributed by atoms with Crippen molar-refractivity contribution >= 4 is 29.1 Å². The lowest BCUT2D eigenvalue weighted by Crippen LogP contribution is -2.55. The lowest BCUT2D eigenvalue weighted by atomic mass is 10.1. The molecular weight excluding hydrogens is 439 g/mol. The Bertz CT molecular complexity index is 869. The summed E-state index contributed by atoms with van der Waals surface area (Å²) in [7, 11) is 0. The number of carbonyl (C=O) groups excluding carboxylic acids is 3. The Labute approximate surface area is 191 Å². The van der Waals surface area contributed by atoms with E-state index in [1.807, 2.05) is 18.7 Å². The van der Waals surface area contributed by atoms with Gasteiger partial charge in [0.05, 0.1) is 30.9 Å². The fourth-order valence-corrected chi connectivity index (χ4v) is 3.95. The van der Waals surface area contributed by atoms with Crippen LogP contribution >= 0.6 is 0 Å². The molecule has 1 fully saturated rings. The van der Waals surface area contributed by atoms with E-state index in [2.05, 4.69) is 10.6 Å². The number of rotatable bonds is 6. The predicted octanol–water partition coefficient (Wildman–Crippen LogP) is 1.68. The number of hydrogen-bond acceptors (Lipinski definition) is 5. The van der Waals surface area contributed by atoms with Crippen LogP contribution in [0.4, 0.5) is 24.5 Å². The highest BCUT2D eigenvalue weighted by Gasteiger charge is 2.49. The molecule has 2 aliphatic rings. The summed E-state index contributed by atoms with van der Waals surface area (Å²) in [5, 5.41) is 5.32. The van der Waals surface area contributed by atoms with Gasteiger partial charge in [-0.2, -0.15) is 13.2 Å². The Morgan fingerprint density at radius 2 is 1.70 bits per heavy atom. The predicted molar refractivity (Wildman–Crippen MR) is 118 cm³/mol. The van der Waals surface area contributed by atoms with Gasteiger partial charge < -0.3 is 10.6 Å². The van der Waals surface area contributed by atoms with E-state index in [-0.39, 0.29) is 30.4 Å². The molecule has 3 amide bonds. The molecule has 1 atom stereocenters. The number of anilines is 2. The molecule has 1 aromatic carbocycles. The van der Waals surface area contributed by atoms with E-state index in [0.717, 1.165) is 0 Å². The average Bonchev–Trinajstić information content (AvgIpc) is 2.89. The van der Waals surface area contributed by atoms with Crippen LogP contribution in [0.1, 0.15) is 20.3 Å². The van der Waals surface area contributed by atoms with Crippen molar-refractivity contribution in [2.24, 2.45) is 5.92 Å². The molecule has 11 heteroatoms. The van der Waals surface area contributed by atoms with Crippen molar-refractivity contribution in [1.29, 1.82) is 0 Å². The minimum absolute atomic E-state index is 0.0381. The molecule has 0 saturated carbocycles. The van der Waals surface area contributed by atoms with Crippen molar-refractivity contribution < 1.29 is 27.6 Å². The van der Waals surface area contributed by atoms with Gasteiger partial charge in [-0.05, 0) is 18.1 Å². The van der Waals surface area contributed by atoms with Crippen molar-refractivity contribution in [3.8, 4) is 0 Å². The zero-order valence-corrected chi connectivity index (χ0v) is 18.8. The maximum absolute atomic E-state index is 13.8. The number of fused-ring (bicyclic) bond motifs is 1. The highest BCUT2D eigenvalue weighted by Crippen LogP contribution is 2.37. The summed E-state index contributed by atoms with van der Waals surface area (Å²) < 4.78 is 41.5. The molecule has 1 aromatic rings. The van der Waals surface area contributed by atoms with Crippen molar-refractivity contribution in [2.75, 3.05) is 56.0 Å². The van der Waals surface area contributed by atoms with E-state index in [4.69, 9.17) is 0 Å². The van der Waals surface area contributed by atoms with E-state index >= 15 is 0 Å². The van der Waals surface area contributed by atoms with Crippen LogP contribution in [-0.2, 0) is 14.4 Å². The summed E-state index contributed by atoms with van der Waals surface area (Å²) in [5.41, 5.74) is 0.218. The molecule has 2 aliphatic heterocycles. The molecule has 2 N–H and O–H groups in total. The topological polar surface area (TPSA) is 85.0 Å². The number of hydrogen-bond donors (Lipinski definition) is 2. The van der Waals surface area contributed by atoms with E-state index in [1.165, 1.54) is 18.2 Å². The third kappa shape index (κ3) is 6.67. The Balaban J connectivity index is 1.65.